The molecule has 0 amide bonds. The van der Waals surface area contributed by atoms with Crippen molar-refractivity contribution in [1.82, 2.24) is 10.3 Å². The first-order valence-electron chi connectivity index (χ1n) is 6.22. The maximum Gasteiger partial charge on any atom is 0.0951 e. The molecule has 102 valence electrons. The van der Waals surface area contributed by atoms with Gasteiger partial charge in [0.1, 0.15) is 0 Å². The van der Waals surface area contributed by atoms with Crippen LogP contribution in [-0.2, 0) is 15.9 Å². The SMILES string of the molecule is COCCOCCc1nc(C2CSCCN2)cs1. The molecule has 1 aliphatic rings. The molecular formula is C12H20N2O2S2. The lowest BCUT2D eigenvalue weighted by Gasteiger charge is -2.21. The number of rotatable bonds is 7. The van der Waals surface area contributed by atoms with Crippen LogP contribution in [0.4, 0.5) is 0 Å². The lowest BCUT2D eigenvalue weighted by Crippen LogP contribution is -2.30. The van der Waals surface area contributed by atoms with Gasteiger partial charge in [0, 0.05) is 37.0 Å². The van der Waals surface area contributed by atoms with E-state index in [1.807, 2.05) is 11.8 Å². The maximum absolute atomic E-state index is 5.45. The van der Waals surface area contributed by atoms with Crippen molar-refractivity contribution in [2.24, 2.45) is 0 Å². The fraction of sp³-hybridized carbons (Fsp3) is 0.750. The minimum atomic E-state index is 0.433. The predicted octanol–water partition coefficient (Wildman–Crippen LogP) is 1.73. The first kappa shape index (κ1) is 14.3. The molecule has 6 heteroatoms. The largest absolute Gasteiger partial charge is 0.382 e. The van der Waals surface area contributed by atoms with Crippen LogP contribution in [0, 0.1) is 0 Å². The molecule has 1 atom stereocenters. The van der Waals surface area contributed by atoms with Gasteiger partial charge in [0.2, 0.25) is 0 Å². The molecule has 0 aliphatic carbocycles. The van der Waals surface area contributed by atoms with E-state index in [9.17, 15) is 0 Å². The van der Waals surface area contributed by atoms with E-state index in [0.29, 0.717) is 19.3 Å². The Labute approximate surface area is 116 Å². The zero-order chi connectivity index (χ0) is 12.6. The normalized spacial score (nSPS) is 20.2. The second-order valence-corrected chi connectivity index (χ2v) is 6.20. The van der Waals surface area contributed by atoms with Gasteiger partial charge < -0.3 is 14.8 Å². The van der Waals surface area contributed by atoms with Crippen LogP contribution in [0.25, 0.3) is 0 Å². The monoisotopic (exact) mass is 288 g/mol. The molecule has 18 heavy (non-hydrogen) atoms. The van der Waals surface area contributed by atoms with E-state index >= 15 is 0 Å². The zero-order valence-electron chi connectivity index (χ0n) is 10.7. The van der Waals surface area contributed by atoms with Gasteiger partial charge in [0.05, 0.1) is 36.6 Å². The summed E-state index contributed by atoms with van der Waals surface area (Å²) in [5.74, 6) is 2.34. The third-order valence-corrected chi connectivity index (χ3v) is 4.73. The Hall–Kier alpha value is -0.140. The number of nitrogens with one attached hydrogen (secondary N) is 1. The van der Waals surface area contributed by atoms with Crippen LogP contribution in [-0.4, -0.2) is 50.0 Å². The molecule has 1 aromatic rings. The lowest BCUT2D eigenvalue weighted by atomic mass is 10.2. The summed E-state index contributed by atoms with van der Waals surface area (Å²) in [6.45, 7) is 3.13. The molecule has 1 aromatic heterocycles. The number of methoxy groups -OCH3 is 1. The molecule has 2 heterocycles. The van der Waals surface area contributed by atoms with Crippen molar-refractivity contribution in [3.63, 3.8) is 0 Å². The summed E-state index contributed by atoms with van der Waals surface area (Å²) in [4.78, 5) is 4.68. The highest BCUT2D eigenvalue weighted by Crippen LogP contribution is 2.23. The minimum absolute atomic E-state index is 0.433. The van der Waals surface area contributed by atoms with E-state index in [4.69, 9.17) is 9.47 Å². The molecular weight excluding hydrogens is 268 g/mol. The van der Waals surface area contributed by atoms with E-state index in [0.717, 1.165) is 25.3 Å². The number of ether oxygens (including phenoxy) is 2. The van der Waals surface area contributed by atoms with Gasteiger partial charge >= 0.3 is 0 Å². The molecule has 1 N–H and O–H groups in total. The van der Waals surface area contributed by atoms with Gasteiger partial charge in [-0.2, -0.15) is 11.8 Å². The molecule has 0 aromatic carbocycles. The second kappa shape index (κ2) is 8.12. The smallest absolute Gasteiger partial charge is 0.0951 e. The van der Waals surface area contributed by atoms with Crippen LogP contribution in [0.15, 0.2) is 5.38 Å². The Kier molecular flexibility index (Phi) is 6.44. The Morgan fingerprint density at radius 2 is 2.39 bits per heavy atom. The van der Waals surface area contributed by atoms with Crippen LogP contribution in [0.2, 0.25) is 0 Å². The summed E-state index contributed by atoms with van der Waals surface area (Å²) < 4.78 is 10.4. The van der Waals surface area contributed by atoms with E-state index in [-0.39, 0.29) is 0 Å². The van der Waals surface area contributed by atoms with Crippen molar-refractivity contribution in [3.8, 4) is 0 Å². The van der Waals surface area contributed by atoms with Crippen molar-refractivity contribution >= 4 is 23.1 Å². The fourth-order valence-electron chi connectivity index (χ4n) is 1.76. The van der Waals surface area contributed by atoms with Crippen LogP contribution >= 0.6 is 23.1 Å². The lowest BCUT2D eigenvalue weighted by molar-refractivity contribution is 0.0722. The Morgan fingerprint density at radius 3 is 3.17 bits per heavy atom. The minimum Gasteiger partial charge on any atom is -0.382 e. The Morgan fingerprint density at radius 1 is 1.44 bits per heavy atom. The van der Waals surface area contributed by atoms with Gasteiger partial charge in [-0.15, -0.1) is 11.3 Å². The van der Waals surface area contributed by atoms with Crippen molar-refractivity contribution < 1.29 is 9.47 Å². The Balaban J connectivity index is 1.72. The molecule has 4 nitrogen and oxygen atoms in total. The molecule has 0 radical (unpaired) electrons. The fourth-order valence-corrected chi connectivity index (χ4v) is 3.55. The molecule has 1 unspecified atom stereocenters. The van der Waals surface area contributed by atoms with E-state index in [2.05, 4.69) is 15.7 Å². The van der Waals surface area contributed by atoms with Gasteiger partial charge in [-0.25, -0.2) is 4.98 Å². The number of aromatic nitrogens is 1. The van der Waals surface area contributed by atoms with Gasteiger partial charge in [-0.3, -0.25) is 0 Å². The second-order valence-electron chi connectivity index (χ2n) is 4.10. The van der Waals surface area contributed by atoms with Crippen LogP contribution in [0.5, 0.6) is 0 Å². The van der Waals surface area contributed by atoms with Crippen molar-refractivity contribution in [1.29, 1.82) is 0 Å². The summed E-state index contributed by atoms with van der Waals surface area (Å²) in [5, 5.41) is 6.85. The van der Waals surface area contributed by atoms with Gasteiger partial charge in [0.15, 0.2) is 0 Å². The summed E-state index contributed by atoms with van der Waals surface area (Å²) >= 11 is 3.73. The average Bonchev–Trinajstić information content (AvgIpc) is 2.88. The third kappa shape index (κ3) is 4.51. The molecule has 1 saturated heterocycles. The number of thiazole rings is 1. The summed E-state index contributed by atoms with van der Waals surface area (Å²) in [5.41, 5.74) is 1.19. The quantitative estimate of drug-likeness (QED) is 0.774. The number of hydrogen-bond acceptors (Lipinski definition) is 6. The average molecular weight is 288 g/mol. The molecule has 2 rings (SSSR count). The van der Waals surface area contributed by atoms with E-state index in [1.165, 1.54) is 16.5 Å². The summed E-state index contributed by atoms with van der Waals surface area (Å²) in [6.07, 6.45) is 0.897. The molecule has 0 spiro atoms. The van der Waals surface area contributed by atoms with Crippen LogP contribution in [0.1, 0.15) is 16.7 Å². The first-order valence-corrected chi connectivity index (χ1v) is 8.25. The highest BCUT2D eigenvalue weighted by atomic mass is 32.2. The highest BCUT2D eigenvalue weighted by molar-refractivity contribution is 7.99. The molecule has 0 saturated carbocycles. The van der Waals surface area contributed by atoms with Crippen molar-refractivity contribution in [3.05, 3.63) is 16.1 Å². The topological polar surface area (TPSA) is 43.4 Å². The van der Waals surface area contributed by atoms with Gasteiger partial charge in [0.25, 0.3) is 0 Å². The summed E-state index contributed by atoms with van der Waals surface area (Å²) in [6, 6.07) is 0.433. The van der Waals surface area contributed by atoms with Gasteiger partial charge in [-0.05, 0) is 0 Å². The zero-order valence-corrected chi connectivity index (χ0v) is 12.3. The van der Waals surface area contributed by atoms with E-state index < -0.39 is 0 Å². The molecule has 0 bridgehead atoms. The molecule has 1 fully saturated rings. The Bertz CT molecular complexity index is 341. The number of nitrogens with zero attached hydrogens (tertiary/aromatic N) is 1. The highest BCUT2D eigenvalue weighted by Gasteiger charge is 2.17. The standard InChI is InChI=1S/C12H20N2O2S2/c1-15-5-6-16-4-2-12-14-11(9-18-12)10-8-17-7-3-13-10/h9-10,13H,2-8H2,1H3. The number of hydrogen-bond donors (Lipinski definition) is 1. The van der Waals surface area contributed by atoms with Crippen molar-refractivity contribution in [2.45, 2.75) is 12.5 Å². The van der Waals surface area contributed by atoms with Gasteiger partial charge in [-0.1, -0.05) is 0 Å². The number of thioether (sulfide) groups is 1. The van der Waals surface area contributed by atoms with Crippen molar-refractivity contribution in [2.75, 3.05) is 45.0 Å². The van der Waals surface area contributed by atoms with E-state index in [1.54, 1.807) is 18.4 Å². The molecule has 1 aliphatic heterocycles. The first-order chi connectivity index (χ1) is 8.90. The van der Waals surface area contributed by atoms with Crippen LogP contribution < -0.4 is 5.32 Å². The van der Waals surface area contributed by atoms with Crippen LogP contribution in [0.3, 0.4) is 0 Å². The third-order valence-electron chi connectivity index (χ3n) is 2.74. The maximum atomic E-state index is 5.45. The predicted molar refractivity (Wildman–Crippen MR) is 76.6 cm³/mol. The summed E-state index contributed by atoms with van der Waals surface area (Å²) in [7, 11) is 1.69.